The molecule has 0 aromatic rings. The third-order valence-electron chi connectivity index (χ3n) is 2.52. The van der Waals surface area contributed by atoms with E-state index in [0.717, 1.165) is 27.7 Å². The van der Waals surface area contributed by atoms with E-state index in [1.807, 2.05) is 0 Å². The number of alkyl halides is 1. The van der Waals surface area contributed by atoms with Gasteiger partial charge < -0.3 is 18.9 Å². The van der Waals surface area contributed by atoms with Gasteiger partial charge in [0.15, 0.2) is 30.7 Å². The molecule has 4 atom stereocenters. The van der Waals surface area contributed by atoms with Crippen molar-refractivity contribution < 1.29 is 42.9 Å². The summed E-state index contributed by atoms with van der Waals surface area (Å²) in [6.45, 7) is 4.22. The molecular weight excluding hydrogens is 348 g/mol. The van der Waals surface area contributed by atoms with Crippen LogP contribution in [-0.2, 0) is 42.9 Å². The monoisotopic (exact) mass is 366 g/mol. The van der Waals surface area contributed by atoms with Crippen LogP contribution >= 0.6 is 11.6 Å². The number of hydrogen-bond donors (Lipinski definition) is 0. The van der Waals surface area contributed by atoms with Gasteiger partial charge in [0.05, 0.1) is 5.88 Å². The Morgan fingerprint density at radius 3 is 1.54 bits per heavy atom. The summed E-state index contributed by atoms with van der Waals surface area (Å²) in [4.78, 5) is 56.2. The maximum Gasteiger partial charge on any atom is 0.303 e. The summed E-state index contributed by atoms with van der Waals surface area (Å²) in [6.07, 6.45) is -5.63. The van der Waals surface area contributed by atoms with Crippen LogP contribution in [0.5, 0.6) is 0 Å². The lowest BCUT2D eigenvalue weighted by Crippen LogP contribution is -2.52. The number of rotatable bonds is 9. The lowest BCUT2D eigenvalue weighted by atomic mass is 10.0. The number of halogens is 1. The third kappa shape index (κ3) is 7.91. The van der Waals surface area contributed by atoms with E-state index in [2.05, 4.69) is 0 Å². The van der Waals surface area contributed by atoms with Crippen LogP contribution in [0, 0.1) is 0 Å². The van der Waals surface area contributed by atoms with Gasteiger partial charge in [0.1, 0.15) is 0 Å². The summed E-state index contributed by atoms with van der Waals surface area (Å²) in [5, 5.41) is 0. The van der Waals surface area contributed by atoms with Crippen molar-refractivity contribution in [2.75, 3.05) is 5.88 Å². The molecule has 136 valence electrons. The van der Waals surface area contributed by atoms with Gasteiger partial charge in [-0.15, -0.1) is 11.6 Å². The molecule has 0 bridgehead atoms. The molecule has 0 amide bonds. The number of carbonyl (C=O) groups is 5. The van der Waals surface area contributed by atoms with Crippen LogP contribution in [0.15, 0.2) is 0 Å². The van der Waals surface area contributed by atoms with Gasteiger partial charge in [-0.1, -0.05) is 0 Å². The minimum absolute atomic E-state index is 0.199. The maximum atomic E-state index is 11.3. The van der Waals surface area contributed by atoms with Gasteiger partial charge in [0, 0.05) is 27.7 Å². The molecule has 9 nitrogen and oxygen atoms in total. The van der Waals surface area contributed by atoms with Gasteiger partial charge in [-0.3, -0.25) is 24.0 Å². The van der Waals surface area contributed by atoms with E-state index >= 15 is 0 Å². The Morgan fingerprint density at radius 2 is 1.21 bits per heavy atom. The van der Waals surface area contributed by atoms with Crippen molar-refractivity contribution in [1.82, 2.24) is 0 Å². The van der Waals surface area contributed by atoms with E-state index in [-0.39, 0.29) is 12.2 Å². The standard InChI is InChI=1S/C14H19ClO9/c1-7(17)21-11(5-15)13(23-9(3)19)14(24-10(4)20)12(6-16)22-8(2)18/h6,11-14H,5H2,1-4H3/t11-,12+,13-,14-/m1/s1. The summed E-state index contributed by atoms with van der Waals surface area (Å²) < 4.78 is 19.7. The van der Waals surface area contributed by atoms with Gasteiger partial charge in [-0.25, -0.2) is 0 Å². The molecule has 0 radical (unpaired) electrons. The molecule has 0 spiro atoms. The molecule has 24 heavy (non-hydrogen) atoms. The van der Waals surface area contributed by atoms with Crippen molar-refractivity contribution >= 4 is 41.8 Å². The smallest absolute Gasteiger partial charge is 0.303 e. The molecule has 0 rings (SSSR count). The second-order valence-electron chi connectivity index (χ2n) is 4.66. The van der Waals surface area contributed by atoms with Gasteiger partial charge in [-0.2, -0.15) is 0 Å². The Labute approximate surface area is 143 Å². The molecule has 0 fully saturated rings. The molecular formula is C14H19ClO9. The van der Waals surface area contributed by atoms with E-state index in [0.29, 0.717) is 0 Å². The average molecular weight is 367 g/mol. The second kappa shape index (κ2) is 10.6. The van der Waals surface area contributed by atoms with Crippen LogP contribution in [0.1, 0.15) is 27.7 Å². The van der Waals surface area contributed by atoms with E-state index in [1.165, 1.54) is 0 Å². The molecule has 0 N–H and O–H groups in total. The first kappa shape index (κ1) is 21.8. The molecule has 0 heterocycles. The number of ether oxygens (including phenoxy) is 4. The fourth-order valence-corrected chi connectivity index (χ4v) is 2.06. The third-order valence-corrected chi connectivity index (χ3v) is 2.83. The van der Waals surface area contributed by atoms with Crippen LogP contribution in [0.4, 0.5) is 0 Å². The molecule has 0 aliphatic heterocycles. The SMILES string of the molecule is CC(=O)O[C@@H]([C@H](OC(C)=O)[C@@H](CCl)OC(C)=O)[C@H](C=O)OC(C)=O. The lowest BCUT2D eigenvalue weighted by Gasteiger charge is -2.33. The minimum atomic E-state index is -1.59. The zero-order chi connectivity index (χ0) is 18.9. The Bertz CT molecular complexity index is 491. The topological polar surface area (TPSA) is 122 Å². The number of esters is 4. The molecule has 0 aliphatic rings. The number of hydrogen-bond acceptors (Lipinski definition) is 9. The van der Waals surface area contributed by atoms with Crippen molar-refractivity contribution in [2.45, 2.75) is 52.1 Å². The zero-order valence-electron chi connectivity index (χ0n) is 13.6. The van der Waals surface area contributed by atoms with Gasteiger partial charge in [0.2, 0.25) is 0 Å². The molecule has 0 saturated carbocycles. The first-order valence-electron chi connectivity index (χ1n) is 6.82. The van der Waals surface area contributed by atoms with Crippen LogP contribution in [0.25, 0.3) is 0 Å². The highest BCUT2D eigenvalue weighted by Crippen LogP contribution is 2.19. The van der Waals surface area contributed by atoms with E-state index in [1.54, 1.807) is 0 Å². The highest BCUT2D eigenvalue weighted by molar-refractivity contribution is 6.18. The lowest BCUT2D eigenvalue weighted by molar-refractivity contribution is -0.195. The molecule has 10 heteroatoms. The molecule has 0 aromatic carbocycles. The molecule has 0 aliphatic carbocycles. The summed E-state index contributed by atoms with van der Waals surface area (Å²) in [7, 11) is 0. The Kier molecular flexibility index (Phi) is 9.63. The van der Waals surface area contributed by atoms with Gasteiger partial charge in [-0.05, 0) is 0 Å². The normalized spacial score (nSPS) is 15.2. The number of carbonyl (C=O) groups excluding carboxylic acids is 5. The van der Waals surface area contributed by atoms with Crippen LogP contribution < -0.4 is 0 Å². The van der Waals surface area contributed by atoms with Crippen LogP contribution in [0.2, 0.25) is 0 Å². The van der Waals surface area contributed by atoms with Crippen LogP contribution in [0.3, 0.4) is 0 Å². The van der Waals surface area contributed by atoms with Crippen molar-refractivity contribution in [3.63, 3.8) is 0 Å². The summed E-state index contributed by atoms with van der Waals surface area (Å²) in [5.74, 6) is -3.56. The minimum Gasteiger partial charge on any atom is -0.457 e. The summed E-state index contributed by atoms with van der Waals surface area (Å²) in [5.41, 5.74) is 0. The predicted molar refractivity (Wildman–Crippen MR) is 79.0 cm³/mol. The molecule has 0 saturated heterocycles. The predicted octanol–water partition coefficient (Wildman–Crippen LogP) is 0.151. The largest absolute Gasteiger partial charge is 0.457 e. The fraction of sp³-hybridized carbons (Fsp3) is 0.643. The maximum absolute atomic E-state index is 11.3. The number of aldehydes is 1. The quantitative estimate of drug-likeness (QED) is 0.243. The van der Waals surface area contributed by atoms with Gasteiger partial charge >= 0.3 is 23.9 Å². The van der Waals surface area contributed by atoms with Crippen molar-refractivity contribution in [1.29, 1.82) is 0 Å². The van der Waals surface area contributed by atoms with Crippen molar-refractivity contribution in [2.24, 2.45) is 0 Å². The first-order valence-corrected chi connectivity index (χ1v) is 7.35. The van der Waals surface area contributed by atoms with Crippen LogP contribution in [-0.4, -0.2) is 60.5 Å². The summed E-state index contributed by atoms with van der Waals surface area (Å²) >= 11 is 5.72. The molecule has 0 unspecified atom stereocenters. The van der Waals surface area contributed by atoms with Crippen molar-refractivity contribution in [3.05, 3.63) is 0 Å². The Hall–Kier alpha value is -2.16. The van der Waals surface area contributed by atoms with E-state index in [4.69, 9.17) is 30.5 Å². The van der Waals surface area contributed by atoms with Crippen molar-refractivity contribution in [3.8, 4) is 0 Å². The highest BCUT2D eigenvalue weighted by atomic mass is 35.5. The Balaban J connectivity index is 5.79. The zero-order valence-corrected chi connectivity index (χ0v) is 14.4. The summed E-state index contributed by atoms with van der Waals surface area (Å²) in [6, 6.07) is 0. The average Bonchev–Trinajstić information content (AvgIpc) is 2.45. The van der Waals surface area contributed by atoms with Gasteiger partial charge in [0.25, 0.3) is 0 Å². The Morgan fingerprint density at radius 1 is 0.792 bits per heavy atom. The van der Waals surface area contributed by atoms with E-state index in [9.17, 15) is 24.0 Å². The fourth-order valence-electron chi connectivity index (χ4n) is 1.82. The highest BCUT2D eigenvalue weighted by Gasteiger charge is 2.43. The first-order chi connectivity index (χ1) is 11.1. The van der Waals surface area contributed by atoms with E-state index < -0.39 is 48.3 Å². The second-order valence-corrected chi connectivity index (χ2v) is 4.97. The molecule has 0 aromatic heterocycles.